The van der Waals surface area contributed by atoms with Crippen LogP contribution in [0.5, 0.6) is 5.75 Å². The van der Waals surface area contributed by atoms with E-state index in [0.29, 0.717) is 11.4 Å². The van der Waals surface area contributed by atoms with Crippen molar-refractivity contribution in [2.75, 3.05) is 17.7 Å². The van der Waals surface area contributed by atoms with E-state index in [1.165, 1.54) is 29.2 Å². The number of benzene rings is 2. The van der Waals surface area contributed by atoms with Crippen molar-refractivity contribution in [3.05, 3.63) is 54.6 Å². The summed E-state index contributed by atoms with van der Waals surface area (Å²) in [5.74, 6) is 0.116. The van der Waals surface area contributed by atoms with Gasteiger partial charge in [0.15, 0.2) is 15.9 Å². The third-order valence-corrected chi connectivity index (χ3v) is 4.82. The molecule has 0 N–H and O–H groups in total. The molecule has 1 amide bonds. The largest absolute Gasteiger partial charge is 0.481 e. The fraction of sp³-hybridized carbons (Fsp3) is 0.263. The van der Waals surface area contributed by atoms with Crippen molar-refractivity contribution in [1.29, 1.82) is 5.26 Å². The number of nitriles is 1. The first-order valence-electron chi connectivity index (χ1n) is 8.03. The van der Waals surface area contributed by atoms with Crippen LogP contribution >= 0.6 is 0 Å². The minimum atomic E-state index is -3.29. The molecule has 136 valence electrons. The molecule has 2 aromatic carbocycles. The van der Waals surface area contributed by atoms with E-state index in [1.54, 1.807) is 19.1 Å². The van der Waals surface area contributed by atoms with Crippen LogP contribution < -0.4 is 9.64 Å². The Balaban J connectivity index is 2.14. The molecule has 0 aliphatic rings. The van der Waals surface area contributed by atoms with Crippen LogP contribution in [0.15, 0.2) is 59.5 Å². The van der Waals surface area contributed by atoms with E-state index in [0.717, 1.165) is 6.26 Å². The predicted molar refractivity (Wildman–Crippen MR) is 98.7 cm³/mol. The second-order valence-electron chi connectivity index (χ2n) is 5.74. The molecule has 26 heavy (non-hydrogen) atoms. The summed E-state index contributed by atoms with van der Waals surface area (Å²) in [6.07, 6.45) is 0.538. The van der Waals surface area contributed by atoms with E-state index < -0.39 is 15.9 Å². The SMILES string of the molecule is CC(Oc1ccc(S(C)(=O)=O)cc1)C(=O)N(CCC#N)c1ccccc1. The number of sulfone groups is 1. The average Bonchev–Trinajstić information content (AvgIpc) is 2.62. The van der Waals surface area contributed by atoms with E-state index in [-0.39, 0.29) is 23.8 Å². The van der Waals surface area contributed by atoms with Crippen LogP contribution in [0.2, 0.25) is 0 Å². The van der Waals surface area contributed by atoms with Crippen molar-refractivity contribution in [2.45, 2.75) is 24.3 Å². The lowest BCUT2D eigenvalue weighted by Gasteiger charge is -2.25. The topological polar surface area (TPSA) is 87.5 Å². The van der Waals surface area contributed by atoms with Crippen molar-refractivity contribution in [3.63, 3.8) is 0 Å². The van der Waals surface area contributed by atoms with Crippen LogP contribution in [0.4, 0.5) is 5.69 Å². The molecular weight excluding hydrogens is 352 g/mol. The van der Waals surface area contributed by atoms with Gasteiger partial charge in [0.25, 0.3) is 5.91 Å². The van der Waals surface area contributed by atoms with Gasteiger partial charge < -0.3 is 9.64 Å². The lowest BCUT2D eigenvalue weighted by Crippen LogP contribution is -2.41. The van der Waals surface area contributed by atoms with Crippen LogP contribution in [0.25, 0.3) is 0 Å². The van der Waals surface area contributed by atoms with E-state index in [9.17, 15) is 13.2 Å². The number of rotatable bonds is 7. The number of hydrogen-bond acceptors (Lipinski definition) is 5. The Bertz CT molecular complexity index is 887. The van der Waals surface area contributed by atoms with E-state index in [4.69, 9.17) is 10.00 Å². The van der Waals surface area contributed by atoms with Crippen LogP contribution in [-0.2, 0) is 14.6 Å². The van der Waals surface area contributed by atoms with Crippen molar-refractivity contribution in [3.8, 4) is 11.8 Å². The molecule has 0 aliphatic carbocycles. The molecular formula is C19H20N2O4S. The van der Waals surface area contributed by atoms with Gasteiger partial charge in [-0.15, -0.1) is 0 Å². The number of carbonyl (C=O) groups excluding carboxylic acids is 1. The maximum Gasteiger partial charge on any atom is 0.267 e. The molecule has 6 nitrogen and oxygen atoms in total. The number of ether oxygens (including phenoxy) is 1. The van der Waals surface area contributed by atoms with Gasteiger partial charge in [-0.3, -0.25) is 4.79 Å². The number of carbonyl (C=O) groups is 1. The third kappa shape index (κ3) is 5.07. The molecule has 0 aromatic heterocycles. The summed E-state index contributed by atoms with van der Waals surface area (Å²) in [7, 11) is -3.29. The fourth-order valence-electron chi connectivity index (χ4n) is 2.38. The summed E-state index contributed by atoms with van der Waals surface area (Å²) in [6, 6.07) is 17.0. The monoisotopic (exact) mass is 372 g/mol. The fourth-order valence-corrected chi connectivity index (χ4v) is 3.01. The first-order chi connectivity index (χ1) is 12.3. The standard InChI is InChI=1S/C19H20N2O4S/c1-15(25-17-9-11-18(12-10-17)26(2,23)24)19(22)21(14-6-13-20)16-7-4-3-5-8-16/h3-5,7-12,15H,6,14H2,1-2H3. The van der Waals surface area contributed by atoms with Gasteiger partial charge in [-0.25, -0.2) is 8.42 Å². The van der Waals surface area contributed by atoms with Gasteiger partial charge in [0.05, 0.1) is 17.4 Å². The lowest BCUT2D eigenvalue weighted by molar-refractivity contribution is -0.124. The maximum absolute atomic E-state index is 12.8. The molecule has 1 atom stereocenters. The van der Waals surface area contributed by atoms with Crippen LogP contribution in [0.3, 0.4) is 0 Å². The lowest BCUT2D eigenvalue weighted by atomic mass is 10.2. The second kappa shape index (κ2) is 8.50. The molecule has 2 rings (SSSR count). The Labute approximate surface area is 153 Å². The minimum Gasteiger partial charge on any atom is -0.481 e. The average molecular weight is 372 g/mol. The zero-order chi connectivity index (χ0) is 19.2. The quantitative estimate of drug-likeness (QED) is 0.746. The zero-order valence-corrected chi connectivity index (χ0v) is 15.4. The van der Waals surface area contributed by atoms with Crippen LogP contribution in [0, 0.1) is 11.3 Å². The number of anilines is 1. The maximum atomic E-state index is 12.8. The smallest absolute Gasteiger partial charge is 0.267 e. The molecule has 2 aromatic rings. The summed E-state index contributed by atoms with van der Waals surface area (Å²) < 4.78 is 28.6. The minimum absolute atomic E-state index is 0.184. The Morgan fingerprint density at radius 1 is 1.15 bits per heavy atom. The van der Waals surface area contributed by atoms with Crippen LogP contribution in [0.1, 0.15) is 13.3 Å². The first kappa shape index (κ1) is 19.5. The highest BCUT2D eigenvalue weighted by molar-refractivity contribution is 7.90. The van der Waals surface area contributed by atoms with Gasteiger partial charge in [-0.1, -0.05) is 18.2 Å². The highest BCUT2D eigenvalue weighted by Gasteiger charge is 2.23. The number of hydrogen-bond donors (Lipinski definition) is 0. The Kier molecular flexibility index (Phi) is 6.36. The summed E-state index contributed by atoms with van der Waals surface area (Å²) in [4.78, 5) is 14.5. The van der Waals surface area contributed by atoms with Crippen molar-refractivity contribution in [1.82, 2.24) is 0 Å². The Morgan fingerprint density at radius 3 is 2.31 bits per heavy atom. The number of nitrogens with zero attached hydrogens (tertiary/aromatic N) is 2. The number of amides is 1. The number of para-hydroxylation sites is 1. The molecule has 0 radical (unpaired) electrons. The molecule has 1 unspecified atom stereocenters. The summed E-state index contributed by atoms with van der Waals surface area (Å²) in [6.45, 7) is 1.88. The van der Waals surface area contributed by atoms with E-state index in [1.807, 2.05) is 24.3 Å². The molecule has 0 saturated carbocycles. The summed E-state index contributed by atoms with van der Waals surface area (Å²) >= 11 is 0. The van der Waals surface area contributed by atoms with Crippen molar-refractivity contribution < 1.29 is 17.9 Å². The van der Waals surface area contributed by atoms with Crippen LogP contribution in [-0.4, -0.2) is 33.2 Å². The Hall–Kier alpha value is -2.85. The predicted octanol–water partition coefficient (Wildman–Crippen LogP) is 2.80. The van der Waals surface area contributed by atoms with E-state index in [2.05, 4.69) is 0 Å². The third-order valence-electron chi connectivity index (χ3n) is 3.69. The van der Waals surface area contributed by atoms with Gasteiger partial charge in [0, 0.05) is 18.5 Å². The second-order valence-corrected chi connectivity index (χ2v) is 7.75. The zero-order valence-electron chi connectivity index (χ0n) is 14.6. The van der Waals surface area contributed by atoms with Gasteiger partial charge >= 0.3 is 0 Å². The van der Waals surface area contributed by atoms with Gasteiger partial charge in [0.2, 0.25) is 0 Å². The van der Waals surface area contributed by atoms with E-state index >= 15 is 0 Å². The molecule has 0 bridgehead atoms. The molecule has 0 heterocycles. The molecule has 0 aliphatic heterocycles. The van der Waals surface area contributed by atoms with Gasteiger partial charge in [0.1, 0.15) is 5.75 Å². The Morgan fingerprint density at radius 2 is 1.77 bits per heavy atom. The summed E-state index contributed by atoms with van der Waals surface area (Å²) in [5.41, 5.74) is 0.690. The normalized spacial score (nSPS) is 12.0. The highest BCUT2D eigenvalue weighted by atomic mass is 32.2. The summed E-state index contributed by atoms with van der Waals surface area (Å²) in [5, 5.41) is 8.84. The van der Waals surface area contributed by atoms with Crippen molar-refractivity contribution in [2.24, 2.45) is 0 Å². The first-order valence-corrected chi connectivity index (χ1v) is 9.92. The van der Waals surface area contributed by atoms with Gasteiger partial charge in [-0.05, 0) is 43.3 Å². The molecule has 7 heteroatoms. The molecule has 0 spiro atoms. The molecule has 0 saturated heterocycles. The van der Waals surface area contributed by atoms with Gasteiger partial charge in [-0.2, -0.15) is 5.26 Å². The molecule has 0 fully saturated rings. The highest BCUT2D eigenvalue weighted by Crippen LogP contribution is 2.20. The van der Waals surface area contributed by atoms with Crippen molar-refractivity contribution >= 4 is 21.4 Å².